The quantitative estimate of drug-likeness (QED) is 0.166. The van der Waals surface area contributed by atoms with E-state index in [0.717, 1.165) is 24.0 Å². The van der Waals surface area contributed by atoms with Gasteiger partial charge in [0.1, 0.15) is 0 Å². The molecule has 0 aromatic rings. The maximum Gasteiger partial charge on any atom is 0.156 e. The molecule has 0 aliphatic carbocycles. The zero-order chi connectivity index (χ0) is 17.9. The second-order valence-corrected chi connectivity index (χ2v) is 8.01. The van der Waals surface area contributed by atoms with Crippen molar-refractivity contribution in [2.24, 2.45) is 0 Å². The van der Waals surface area contributed by atoms with Crippen LogP contribution in [-0.2, 0) is 0 Å². The number of hydrogen-bond donors (Lipinski definition) is 1. The minimum atomic E-state index is 0.759. The molecule has 0 aromatic carbocycles. The molecule has 0 unspecified atom stereocenters. The maximum absolute atomic E-state index is 8.01. The van der Waals surface area contributed by atoms with E-state index < -0.39 is 0 Å². The molecule has 2 nitrogen and oxygen atoms in total. The van der Waals surface area contributed by atoms with Gasteiger partial charge in [0.2, 0.25) is 0 Å². The van der Waals surface area contributed by atoms with E-state index in [1.54, 1.807) is 11.8 Å². The van der Waals surface area contributed by atoms with E-state index >= 15 is 0 Å². The van der Waals surface area contributed by atoms with E-state index in [9.17, 15) is 0 Å². The summed E-state index contributed by atoms with van der Waals surface area (Å²) in [5.41, 5.74) is 0. The van der Waals surface area contributed by atoms with Crippen LogP contribution in [0.5, 0.6) is 0 Å². The highest BCUT2D eigenvalue weighted by atomic mass is 32.2. The van der Waals surface area contributed by atoms with Crippen molar-refractivity contribution in [3.05, 3.63) is 0 Å². The summed E-state index contributed by atoms with van der Waals surface area (Å²) in [5, 5.41) is 8.77. The van der Waals surface area contributed by atoms with Crippen molar-refractivity contribution in [1.29, 1.82) is 5.41 Å². The van der Waals surface area contributed by atoms with E-state index in [1.165, 1.54) is 89.9 Å². The zero-order valence-corrected chi connectivity index (χ0v) is 17.7. The first kappa shape index (κ1) is 23.8. The summed E-state index contributed by atoms with van der Waals surface area (Å²) in [4.78, 5) is 2.13. The molecule has 144 valence electrons. The first-order valence-corrected chi connectivity index (χ1v) is 11.7. The summed E-state index contributed by atoms with van der Waals surface area (Å²) in [6.07, 6.45) is 19.8. The van der Waals surface area contributed by atoms with Gasteiger partial charge in [-0.1, -0.05) is 102 Å². The van der Waals surface area contributed by atoms with Crippen molar-refractivity contribution >= 4 is 16.9 Å². The molecular weight excluding hydrogens is 312 g/mol. The average molecular weight is 357 g/mol. The molecule has 0 fully saturated rings. The average Bonchev–Trinajstić information content (AvgIpc) is 2.59. The van der Waals surface area contributed by atoms with Crippen LogP contribution >= 0.6 is 11.8 Å². The Bertz CT molecular complexity index is 265. The smallest absolute Gasteiger partial charge is 0.156 e. The van der Waals surface area contributed by atoms with Crippen LogP contribution in [0.4, 0.5) is 0 Å². The lowest BCUT2D eigenvalue weighted by atomic mass is 10.0. The number of nitrogens with one attached hydrogen (secondary N) is 1. The van der Waals surface area contributed by atoms with Crippen LogP contribution in [0, 0.1) is 5.41 Å². The van der Waals surface area contributed by atoms with Crippen molar-refractivity contribution in [3.8, 4) is 0 Å². The molecular formula is C21H44N2S. The summed E-state index contributed by atoms with van der Waals surface area (Å²) in [5.74, 6) is 1.12. The van der Waals surface area contributed by atoms with Gasteiger partial charge in [0.15, 0.2) is 5.17 Å². The molecule has 0 spiro atoms. The predicted molar refractivity (Wildman–Crippen MR) is 113 cm³/mol. The van der Waals surface area contributed by atoms with E-state index in [1.807, 2.05) is 0 Å². The summed E-state index contributed by atoms with van der Waals surface area (Å²) in [6.45, 7) is 8.47. The van der Waals surface area contributed by atoms with Crippen LogP contribution in [-0.4, -0.2) is 28.9 Å². The molecule has 0 saturated carbocycles. The Labute approximate surface area is 157 Å². The minimum absolute atomic E-state index is 0.759. The topological polar surface area (TPSA) is 27.1 Å². The summed E-state index contributed by atoms with van der Waals surface area (Å²) in [6, 6.07) is 0. The van der Waals surface area contributed by atoms with Crippen LogP contribution in [0.3, 0.4) is 0 Å². The Kier molecular flexibility index (Phi) is 19.0. The van der Waals surface area contributed by atoms with E-state index in [2.05, 4.69) is 25.7 Å². The molecule has 0 atom stereocenters. The Hall–Kier alpha value is -0.180. The van der Waals surface area contributed by atoms with Gasteiger partial charge < -0.3 is 4.90 Å². The van der Waals surface area contributed by atoms with Gasteiger partial charge in [0, 0.05) is 18.8 Å². The molecule has 0 aliphatic heterocycles. The predicted octanol–water partition coefficient (Wildman–Crippen LogP) is 7.48. The number of hydrogen-bond acceptors (Lipinski definition) is 2. The number of thioether (sulfide) groups is 1. The Morgan fingerprint density at radius 2 is 1.00 bits per heavy atom. The molecule has 0 heterocycles. The first-order valence-electron chi connectivity index (χ1n) is 10.7. The summed E-state index contributed by atoms with van der Waals surface area (Å²) < 4.78 is 0. The first-order chi connectivity index (χ1) is 11.8. The fraction of sp³-hybridized carbons (Fsp3) is 0.952. The van der Waals surface area contributed by atoms with E-state index in [0.29, 0.717) is 0 Å². The van der Waals surface area contributed by atoms with Gasteiger partial charge in [-0.3, -0.25) is 5.41 Å². The van der Waals surface area contributed by atoms with Gasteiger partial charge in [-0.05, 0) is 20.3 Å². The number of nitrogens with zero attached hydrogens (tertiary/aromatic N) is 1. The molecule has 0 amide bonds. The third-order valence-electron chi connectivity index (χ3n) is 4.79. The van der Waals surface area contributed by atoms with Crippen LogP contribution < -0.4 is 0 Å². The third-order valence-corrected chi connectivity index (χ3v) is 5.81. The van der Waals surface area contributed by atoms with Gasteiger partial charge in [0.05, 0.1) is 0 Å². The van der Waals surface area contributed by atoms with Gasteiger partial charge >= 0.3 is 0 Å². The van der Waals surface area contributed by atoms with Gasteiger partial charge in [-0.2, -0.15) is 0 Å². The maximum atomic E-state index is 8.01. The third kappa shape index (κ3) is 15.4. The standard InChI is InChI=1S/C21H44N2S/c1-4-7-8-9-10-11-12-13-14-15-16-17-18-19-20-24-21(22)23(5-2)6-3/h22H,4-20H2,1-3H3. The van der Waals surface area contributed by atoms with Crippen molar-refractivity contribution < 1.29 is 0 Å². The molecule has 1 N–H and O–H groups in total. The molecule has 0 aliphatic rings. The van der Waals surface area contributed by atoms with Crippen LogP contribution in [0.25, 0.3) is 0 Å². The van der Waals surface area contributed by atoms with Gasteiger partial charge in [-0.15, -0.1) is 0 Å². The van der Waals surface area contributed by atoms with Crippen molar-refractivity contribution in [2.75, 3.05) is 18.8 Å². The number of amidine groups is 1. The van der Waals surface area contributed by atoms with E-state index in [-0.39, 0.29) is 0 Å². The molecule has 0 aromatic heterocycles. The summed E-state index contributed by atoms with van der Waals surface area (Å²) in [7, 11) is 0. The van der Waals surface area contributed by atoms with Gasteiger partial charge in [-0.25, -0.2) is 0 Å². The zero-order valence-electron chi connectivity index (χ0n) is 16.9. The van der Waals surface area contributed by atoms with Crippen LogP contribution in [0.2, 0.25) is 0 Å². The van der Waals surface area contributed by atoms with Crippen LogP contribution in [0.15, 0.2) is 0 Å². The Balaban J connectivity index is 3.16. The SMILES string of the molecule is CCCCCCCCCCCCCCCCSC(=N)N(CC)CC. The largest absolute Gasteiger partial charge is 0.352 e. The Morgan fingerprint density at radius 1 is 0.625 bits per heavy atom. The number of rotatable bonds is 17. The molecule has 0 radical (unpaired) electrons. The van der Waals surface area contributed by atoms with Crippen LogP contribution in [0.1, 0.15) is 111 Å². The van der Waals surface area contributed by atoms with Crippen molar-refractivity contribution in [1.82, 2.24) is 4.90 Å². The lowest BCUT2D eigenvalue weighted by Gasteiger charge is -2.20. The van der Waals surface area contributed by atoms with E-state index in [4.69, 9.17) is 5.41 Å². The highest BCUT2D eigenvalue weighted by Gasteiger charge is 2.04. The highest BCUT2D eigenvalue weighted by molar-refractivity contribution is 8.13. The summed E-state index contributed by atoms with van der Waals surface area (Å²) >= 11 is 1.73. The van der Waals surface area contributed by atoms with Crippen molar-refractivity contribution in [2.45, 2.75) is 111 Å². The lowest BCUT2D eigenvalue weighted by molar-refractivity contribution is 0.472. The molecule has 0 bridgehead atoms. The molecule has 0 rings (SSSR count). The normalized spacial score (nSPS) is 11.0. The Morgan fingerprint density at radius 3 is 1.38 bits per heavy atom. The van der Waals surface area contributed by atoms with Gasteiger partial charge in [0.25, 0.3) is 0 Å². The molecule has 0 saturated heterocycles. The molecule has 24 heavy (non-hydrogen) atoms. The second-order valence-electron chi connectivity index (χ2n) is 6.92. The highest BCUT2D eigenvalue weighted by Crippen LogP contribution is 2.15. The molecule has 3 heteroatoms. The minimum Gasteiger partial charge on any atom is -0.352 e. The monoisotopic (exact) mass is 356 g/mol. The fourth-order valence-electron chi connectivity index (χ4n) is 3.07. The fourth-order valence-corrected chi connectivity index (χ4v) is 4.05. The van der Waals surface area contributed by atoms with Crippen molar-refractivity contribution in [3.63, 3.8) is 0 Å². The lowest BCUT2D eigenvalue weighted by Crippen LogP contribution is -2.27. The number of unbranched alkanes of at least 4 members (excludes halogenated alkanes) is 13. The second kappa shape index (κ2) is 19.1.